The SMILES string of the molecule is C[N-]CCN(C)S(=O)c1ccc(B2OC(C)(C)C(C)(C)O2)cc1.[Au+]. The van der Waals surface area contributed by atoms with E-state index in [0.29, 0.717) is 13.1 Å². The first-order chi connectivity index (χ1) is 10.7. The van der Waals surface area contributed by atoms with Crippen LogP contribution in [0.25, 0.3) is 5.32 Å². The van der Waals surface area contributed by atoms with E-state index in [1.807, 2.05) is 59.0 Å². The third kappa shape index (κ3) is 4.80. The van der Waals surface area contributed by atoms with Crippen LogP contribution in [0.3, 0.4) is 0 Å². The molecule has 8 heteroatoms. The van der Waals surface area contributed by atoms with Crippen LogP contribution in [-0.4, -0.2) is 54.0 Å². The van der Waals surface area contributed by atoms with Crippen LogP contribution in [0, 0.1) is 0 Å². The summed E-state index contributed by atoms with van der Waals surface area (Å²) in [6.45, 7) is 9.47. The minimum atomic E-state index is -1.18. The molecule has 1 aromatic carbocycles. The zero-order chi connectivity index (χ0) is 17.3. The fourth-order valence-electron chi connectivity index (χ4n) is 2.22. The Labute approximate surface area is 164 Å². The van der Waals surface area contributed by atoms with Gasteiger partial charge in [0.15, 0.2) is 0 Å². The smallest absolute Gasteiger partial charge is 0.664 e. The van der Waals surface area contributed by atoms with Crippen LogP contribution in [-0.2, 0) is 42.7 Å². The fourth-order valence-corrected chi connectivity index (χ4v) is 3.20. The van der Waals surface area contributed by atoms with Crippen molar-refractivity contribution in [2.24, 2.45) is 0 Å². The van der Waals surface area contributed by atoms with Crippen LogP contribution in [0.5, 0.6) is 0 Å². The van der Waals surface area contributed by atoms with E-state index in [-0.39, 0.29) is 40.7 Å². The van der Waals surface area contributed by atoms with Crippen molar-refractivity contribution < 1.29 is 35.9 Å². The second-order valence-electron chi connectivity index (χ2n) is 6.80. The van der Waals surface area contributed by atoms with E-state index in [2.05, 4.69) is 5.32 Å². The summed E-state index contributed by atoms with van der Waals surface area (Å²) < 4.78 is 26.3. The molecule has 5 nitrogen and oxygen atoms in total. The monoisotopic (exact) mass is 534 g/mol. The molecule has 2 rings (SSSR count). The first kappa shape index (κ1) is 22.1. The summed E-state index contributed by atoms with van der Waals surface area (Å²) in [5, 5.41) is 4.04. The van der Waals surface area contributed by atoms with Crippen LogP contribution in [0.2, 0.25) is 0 Å². The van der Waals surface area contributed by atoms with Crippen LogP contribution < -0.4 is 5.46 Å². The van der Waals surface area contributed by atoms with Gasteiger partial charge in [-0.15, -0.1) is 6.54 Å². The summed E-state index contributed by atoms with van der Waals surface area (Å²) in [7, 11) is 2.03. The Morgan fingerprint density at radius 2 is 1.62 bits per heavy atom. The molecule has 0 N–H and O–H groups in total. The maximum absolute atomic E-state index is 12.4. The Bertz CT molecular complexity index is 553. The van der Waals surface area contributed by atoms with Gasteiger partial charge in [-0.1, -0.05) is 12.1 Å². The summed E-state index contributed by atoms with van der Waals surface area (Å²) in [4.78, 5) is 0.767. The maximum Gasteiger partial charge on any atom is 1.00 e. The second-order valence-corrected chi connectivity index (χ2v) is 8.39. The molecule has 0 amide bonds. The molecule has 1 atom stereocenters. The third-order valence-electron chi connectivity index (χ3n) is 4.53. The zero-order valence-corrected chi connectivity index (χ0v) is 18.1. The summed E-state index contributed by atoms with van der Waals surface area (Å²) in [6, 6.07) is 7.59. The number of likely N-dealkylation sites (N-methyl/N-ethyl adjacent to an activating group) is 2. The summed E-state index contributed by atoms with van der Waals surface area (Å²) >= 11 is 0. The standard InChI is InChI=1S/C16H26BN2O3S.Au/c1-15(2)16(3,4)22-17(21-15)13-7-9-14(10-8-13)23(20)19(6)12-11-18-5;/h7-10H,11-12H2,1-6H3;/q-1;+1. The fraction of sp³-hybridized carbons (Fsp3) is 0.625. The number of nitrogens with zero attached hydrogens (tertiary/aromatic N) is 2. The summed E-state index contributed by atoms with van der Waals surface area (Å²) in [5.74, 6) is 0. The van der Waals surface area contributed by atoms with E-state index in [9.17, 15) is 4.21 Å². The number of benzene rings is 1. The van der Waals surface area contributed by atoms with Crippen LogP contribution >= 0.6 is 0 Å². The van der Waals surface area contributed by atoms with E-state index in [4.69, 9.17) is 9.31 Å². The molecular formula is C16H26AuBN2O3S. The first-order valence-electron chi connectivity index (χ1n) is 7.82. The topological polar surface area (TPSA) is 52.9 Å². The van der Waals surface area contributed by atoms with Crippen molar-refractivity contribution in [3.8, 4) is 0 Å². The van der Waals surface area contributed by atoms with Crippen molar-refractivity contribution >= 4 is 23.6 Å². The van der Waals surface area contributed by atoms with Gasteiger partial charge in [-0.25, -0.2) is 8.51 Å². The average molecular weight is 534 g/mol. The second kappa shape index (κ2) is 8.60. The van der Waals surface area contributed by atoms with Crippen molar-refractivity contribution in [1.82, 2.24) is 4.31 Å². The molecular weight excluding hydrogens is 508 g/mol. The van der Waals surface area contributed by atoms with Gasteiger partial charge in [0.1, 0.15) is 11.0 Å². The molecule has 0 radical (unpaired) electrons. The van der Waals surface area contributed by atoms with E-state index >= 15 is 0 Å². The quantitative estimate of drug-likeness (QED) is 0.525. The van der Waals surface area contributed by atoms with Gasteiger partial charge < -0.3 is 14.6 Å². The van der Waals surface area contributed by atoms with Gasteiger partial charge in [0.05, 0.1) is 16.1 Å². The molecule has 0 bridgehead atoms. The van der Waals surface area contributed by atoms with Gasteiger partial charge in [0.2, 0.25) is 0 Å². The molecule has 1 saturated heterocycles. The number of hydrogen-bond donors (Lipinski definition) is 0. The van der Waals surface area contributed by atoms with Crippen molar-refractivity contribution in [3.05, 3.63) is 29.6 Å². The molecule has 0 spiro atoms. The average Bonchev–Trinajstić information content (AvgIpc) is 2.72. The van der Waals surface area contributed by atoms with Gasteiger partial charge >= 0.3 is 29.5 Å². The molecule has 0 aliphatic carbocycles. The third-order valence-corrected chi connectivity index (χ3v) is 5.95. The Morgan fingerprint density at radius 3 is 2.08 bits per heavy atom. The Kier molecular flexibility index (Phi) is 7.90. The van der Waals surface area contributed by atoms with Gasteiger partial charge in [0.25, 0.3) is 0 Å². The van der Waals surface area contributed by atoms with E-state index in [1.165, 1.54) is 0 Å². The normalized spacial score (nSPS) is 20.0. The van der Waals surface area contributed by atoms with Gasteiger partial charge in [0, 0.05) is 7.05 Å². The largest absolute Gasteiger partial charge is 1.00 e. The van der Waals surface area contributed by atoms with Gasteiger partial charge in [-0.3, -0.25) is 0 Å². The van der Waals surface area contributed by atoms with Gasteiger partial charge in [-0.2, -0.15) is 7.05 Å². The molecule has 1 aromatic rings. The van der Waals surface area contributed by atoms with Gasteiger partial charge in [-0.05, 0) is 51.8 Å². The van der Waals surface area contributed by atoms with Crippen LogP contribution in [0.4, 0.5) is 0 Å². The van der Waals surface area contributed by atoms with Crippen molar-refractivity contribution in [2.75, 3.05) is 27.2 Å². The van der Waals surface area contributed by atoms with Crippen molar-refractivity contribution in [3.63, 3.8) is 0 Å². The van der Waals surface area contributed by atoms with Crippen molar-refractivity contribution in [1.29, 1.82) is 0 Å². The molecule has 0 saturated carbocycles. The Hall–Kier alpha value is 0.0152. The van der Waals surface area contributed by atoms with Crippen LogP contribution in [0.15, 0.2) is 29.2 Å². The molecule has 1 heterocycles. The molecule has 1 unspecified atom stereocenters. The number of hydrogen-bond acceptors (Lipinski definition) is 3. The van der Waals surface area contributed by atoms with E-state index in [1.54, 1.807) is 11.4 Å². The Morgan fingerprint density at radius 1 is 1.12 bits per heavy atom. The molecule has 1 aliphatic rings. The first-order valence-corrected chi connectivity index (χ1v) is 8.93. The Balaban J connectivity index is 0.00000288. The predicted molar refractivity (Wildman–Crippen MR) is 95.3 cm³/mol. The molecule has 138 valence electrons. The zero-order valence-electron chi connectivity index (χ0n) is 15.1. The molecule has 1 aliphatic heterocycles. The molecule has 24 heavy (non-hydrogen) atoms. The number of rotatable bonds is 6. The predicted octanol–water partition coefficient (Wildman–Crippen LogP) is 1.94. The van der Waals surface area contributed by atoms with Crippen LogP contribution in [0.1, 0.15) is 27.7 Å². The maximum atomic E-state index is 12.4. The van der Waals surface area contributed by atoms with E-state index in [0.717, 1.165) is 10.4 Å². The van der Waals surface area contributed by atoms with E-state index < -0.39 is 11.0 Å². The minimum Gasteiger partial charge on any atom is -0.664 e. The minimum absolute atomic E-state index is 0. The summed E-state index contributed by atoms with van der Waals surface area (Å²) in [6.07, 6.45) is 0. The molecule has 0 aromatic heterocycles. The van der Waals surface area contributed by atoms with Crippen molar-refractivity contribution in [2.45, 2.75) is 43.8 Å². The summed E-state index contributed by atoms with van der Waals surface area (Å²) in [5.41, 5.74) is 0.224. The molecule has 1 fully saturated rings.